The molecular weight excluding hydrogens is 643 g/mol. The zero-order valence-electron chi connectivity index (χ0n) is 25.0. The van der Waals surface area contributed by atoms with Crippen molar-refractivity contribution in [2.75, 3.05) is 31.6 Å². The first-order valence-corrected chi connectivity index (χ1v) is 16.7. The molecule has 2 amide bonds. The van der Waals surface area contributed by atoms with Gasteiger partial charge >= 0.3 is 5.97 Å². The lowest BCUT2D eigenvalue weighted by molar-refractivity contribution is -0.144. The molecule has 2 atom stereocenters. The Hall–Kier alpha value is -3.19. The number of alkyl halides is 2. The second-order valence-electron chi connectivity index (χ2n) is 12.5. The molecule has 0 bridgehead atoms. The van der Waals surface area contributed by atoms with Gasteiger partial charge in [0.1, 0.15) is 5.82 Å². The zero-order valence-corrected chi connectivity index (χ0v) is 26.6. The van der Waals surface area contributed by atoms with Crippen LogP contribution in [0.25, 0.3) is 10.1 Å². The highest BCUT2D eigenvalue weighted by atomic mass is 35.5. The van der Waals surface area contributed by atoms with E-state index in [1.54, 1.807) is 15.2 Å². The molecule has 3 aromatic rings. The van der Waals surface area contributed by atoms with Gasteiger partial charge in [-0.25, -0.2) is 13.2 Å². The van der Waals surface area contributed by atoms with E-state index in [2.05, 4.69) is 5.32 Å². The first-order chi connectivity index (χ1) is 22.0. The highest BCUT2D eigenvalue weighted by Gasteiger charge is 2.45. The Labute approximate surface area is 273 Å². The lowest BCUT2D eigenvalue weighted by atomic mass is 9.87. The van der Waals surface area contributed by atoms with Gasteiger partial charge in [-0.2, -0.15) is 0 Å². The minimum absolute atomic E-state index is 0.0526. The molecule has 1 aliphatic carbocycles. The molecule has 1 aromatic heterocycles. The number of nitrogens with zero attached hydrogens (tertiary/aromatic N) is 2. The van der Waals surface area contributed by atoms with Crippen LogP contribution in [0.3, 0.4) is 0 Å². The van der Waals surface area contributed by atoms with Crippen LogP contribution in [0.15, 0.2) is 41.8 Å². The van der Waals surface area contributed by atoms with Crippen molar-refractivity contribution in [2.24, 2.45) is 5.92 Å². The smallest absolute Gasteiger partial charge is 0.306 e. The molecule has 3 fully saturated rings. The van der Waals surface area contributed by atoms with Gasteiger partial charge in [-0.05, 0) is 55.9 Å². The molecular formula is C33H35ClF3N3O5S. The lowest BCUT2D eigenvalue weighted by Gasteiger charge is -2.30. The maximum atomic E-state index is 15.4. The first-order valence-electron chi connectivity index (χ1n) is 15.5. The summed E-state index contributed by atoms with van der Waals surface area (Å²) >= 11 is 7.88. The second-order valence-corrected chi connectivity index (χ2v) is 13.8. The molecule has 1 saturated carbocycles. The largest absolute Gasteiger partial charge is 0.481 e. The Morgan fingerprint density at radius 1 is 1.13 bits per heavy atom. The number of nitrogens with one attached hydrogen (secondary N) is 1. The number of carbonyl (C=O) groups is 3. The number of anilines is 1. The van der Waals surface area contributed by atoms with E-state index >= 15 is 4.39 Å². The molecule has 2 aromatic carbocycles. The molecule has 2 saturated heterocycles. The summed E-state index contributed by atoms with van der Waals surface area (Å²) in [5.74, 6) is -5.50. The molecule has 3 heterocycles. The third-order valence-corrected chi connectivity index (χ3v) is 10.7. The fourth-order valence-corrected chi connectivity index (χ4v) is 8.02. The predicted molar refractivity (Wildman–Crippen MR) is 169 cm³/mol. The van der Waals surface area contributed by atoms with E-state index in [4.69, 9.17) is 16.3 Å². The zero-order chi connectivity index (χ0) is 32.6. The highest BCUT2D eigenvalue weighted by Crippen LogP contribution is 2.35. The number of hydrogen-bond acceptors (Lipinski definition) is 6. The topological polar surface area (TPSA) is 99.2 Å². The summed E-state index contributed by atoms with van der Waals surface area (Å²) in [7, 11) is 0. The quantitative estimate of drug-likeness (QED) is 0.270. The molecule has 2 N–H and O–H groups in total. The van der Waals surface area contributed by atoms with E-state index < -0.39 is 29.7 Å². The standard InChI is InChI=1S/C33H35ClF3N3O5S/c34-26-11-20(27(35)14-28(26)38-31(42)25-17-46-29-4-2-1-3-24(25)29)12-30(41)40-15-21(39-10-9-33(36,37)18-39)13-22(40)16-45-23-7-5-19(6-8-23)32(43)44/h1-4,11,14,17,19,21-23H,5-10,12-13,15-16,18H2,(H,38,42)(H,43,44)/t19?,21-,22-,23?/m0/s1. The van der Waals surface area contributed by atoms with Crippen LogP contribution >= 0.6 is 22.9 Å². The minimum atomic E-state index is -2.78. The molecule has 3 aliphatic rings. The number of amides is 2. The van der Waals surface area contributed by atoms with Crippen molar-refractivity contribution in [3.63, 3.8) is 0 Å². The van der Waals surface area contributed by atoms with Crippen LogP contribution in [0.4, 0.5) is 18.9 Å². The lowest BCUT2D eigenvalue weighted by Crippen LogP contribution is -2.41. The van der Waals surface area contributed by atoms with Gasteiger partial charge in [-0.3, -0.25) is 19.3 Å². The van der Waals surface area contributed by atoms with Gasteiger partial charge in [0, 0.05) is 41.0 Å². The molecule has 13 heteroatoms. The second kappa shape index (κ2) is 13.5. The molecule has 0 spiro atoms. The third kappa shape index (κ3) is 7.20. The number of fused-ring (bicyclic) bond motifs is 1. The van der Waals surface area contributed by atoms with Gasteiger partial charge in [-0.15, -0.1) is 11.3 Å². The molecule has 8 nitrogen and oxygen atoms in total. The minimum Gasteiger partial charge on any atom is -0.481 e. The molecule has 6 rings (SSSR count). The van der Waals surface area contributed by atoms with Crippen LogP contribution in [0.5, 0.6) is 0 Å². The molecule has 2 aliphatic heterocycles. The van der Waals surface area contributed by atoms with Crippen molar-refractivity contribution in [2.45, 2.75) is 69.1 Å². The Morgan fingerprint density at radius 2 is 1.89 bits per heavy atom. The maximum absolute atomic E-state index is 15.4. The Balaban J connectivity index is 1.13. The van der Waals surface area contributed by atoms with E-state index in [9.17, 15) is 28.3 Å². The van der Waals surface area contributed by atoms with E-state index in [1.165, 1.54) is 17.4 Å². The average Bonchev–Trinajstić information content (AvgIpc) is 3.75. The molecule has 46 heavy (non-hydrogen) atoms. The number of carboxylic acid groups (broad SMARTS) is 1. The molecule has 246 valence electrons. The van der Waals surface area contributed by atoms with Crippen LogP contribution in [-0.2, 0) is 20.7 Å². The summed E-state index contributed by atoms with van der Waals surface area (Å²) in [4.78, 5) is 41.3. The summed E-state index contributed by atoms with van der Waals surface area (Å²) in [5.41, 5.74) is 0.575. The fraction of sp³-hybridized carbons (Fsp3) is 0.485. The number of carboxylic acids is 1. The van der Waals surface area contributed by atoms with Gasteiger partial charge in [0.2, 0.25) is 5.91 Å². The average molecular weight is 678 g/mol. The summed E-state index contributed by atoms with van der Waals surface area (Å²) in [6.07, 6.45) is 1.96. The number of benzene rings is 2. The van der Waals surface area contributed by atoms with Crippen molar-refractivity contribution in [3.05, 3.63) is 63.7 Å². The predicted octanol–water partition coefficient (Wildman–Crippen LogP) is 6.46. The van der Waals surface area contributed by atoms with E-state index in [1.807, 2.05) is 24.3 Å². The Morgan fingerprint density at radius 3 is 2.61 bits per heavy atom. The summed E-state index contributed by atoms with van der Waals surface area (Å²) < 4.78 is 50.5. The SMILES string of the molecule is O=C(Nc1cc(F)c(CC(=O)N2C[C@@H](N3CCC(F)(F)C3)C[C@H]2COC2CCC(C(=O)O)CC2)cc1Cl)c1csc2ccccc12. The fourth-order valence-electron chi connectivity index (χ4n) is 6.84. The normalized spacial score (nSPS) is 24.8. The first kappa shape index (κ1) is 32.7. The third-order valence-electron chi connectivity index (χ3n) is 9.43. The number of rotatable bonds is 9. The van der Waals surface area contributed by atoms with Crippen molar-refractivity contribution >= 4 is 56.5 Å². The number of halogens is 4. The summed E-state index contributed by atoms with van der Waals surface area (Å²) in [6, 6.07) is 9.19. The number of carbonyl (C=O) groups excluding carboxylic acids is 2. The van der Waals surface area contributed by atoms with Crippen LogP contribution in [0.2, 0.25) is 5.02 Å². The van der Waals surface area contributed by atoms with Crippen LogP contribution in [0, 0.1) is 11.7 Å². The number of likely N-dealkylation sites (tertiary alicyclic amines) is 2. The van der Waals surface area contributed by atoms with Gasteiger partial charge in [0.05, 0.1) is 53.9 Å². The number of hydrogen-bond donors (Lipinski definition) is 2. The van der Waals surface area contributed by atoms with Crippen molar-refractivity contribution in [1.29, 1.82) is 0 Å². The van der Waals surface area contributed by atoms with Crippen LogP contribution in [0.1, 0.15) is 54.4 Å². The number of ether oxygens (including phenoxy) is 1. The van der Waals surface area contributed by atoms with Gasteiger partial charge in [0.15, 0.2) is 0 Å². The van der Waals surface area contributed by atoms with E-state index in [-0.39, 0.29) is 79.3 Å². The number of thiophene rings is 1. The Kier molecular flexibility index (Phi) is 9.61. The summed E-state index contributed by atoms with van der Waals surface area (Å²) in [5, 5.41) is 14.5. The van der Waals surface area contributed by atoms with E-state index in [0.717, 1.165) is 16.2 Å². The van der Waals surface area contributed by atoms with Crippen LogP contribution in [-0.4, -0.2) is 83.0 Å². The maximum Gasteiger partial charge on any atom is 0.306 e. The molecule has 0 radical (unpaired) electrons. The molecule has 0 unspecified atom stereocenters. The number of aliphatic carboxylic acids is 1. The van der Waals surface area contributed by atoms with E-state index in [0.29, 0.717) is 37.7 Å². The van der Waals surface area contributed by atoms with Crippen molar-refractivity contribution in [1.82, 2.24) is 9.80 Å². The Bertz CT molecular complexity index is 1630. The highest BCUT2D eigenvalue weighted by molar-refractivity contribution is 7.17. The van der Waals surface area contributed by atoms with Gasteiger partial charge in [0.25, 0.3) is 11.8 Å². The monoisotopic (exact) mass is 677 g/mol. The van der Waals surface area contributed by atoms with Crippen molar-refractivity contribution < 1.29 is 37.4 Å². The summed E-state index contributed by atoms with van der Waals surface area (Å²) in [6.45, 7) is 0.253. The van der Waals surface area contributed by atoms with Crippen molar-refractivity contribution in [3.8, 4) is 0 Å². The van der Waals surface area contributed by atoms with Gasteiger partial charge in [-0.1, -0.05) is 29.8 Å². The van der Waals surface area contributed by atoms with Gasteiger partial charge < -0.3 is 20.1 Å². The van der Waals surface area contributed by atoms with Crippen LogP contribution < -0.4 is 5.32 Å².